The van der Waals surface area contributed by atoms with Gasteiger partial charge in [-0.1, -0.05) is 6.07 Å². The highest BCUT2D eigenvalue weighted by Crippen LogP contribution is 2.32. The molecule has 0 unspecified atom stereocenters. The van der Waals surface area contributed by atoms with Crippen molar-refractivity contribution in [3.05, 3.63) is 23.3 Å². The van der Waals surface area contributed by atoms with Gasteiger partial charge in [0.15, 0.2) is 0 Å². The second-order valence-electron chi connectivity index (χ2n) is 5.44. The molecule has 4 nitrogen and oxygen atoms in total. The maximum absolute atomic E-state index is 11.6. The summed E-state index contributed by atoms with van der Waals surface area (Å²) in [5, 5.41) is 8.94. The molecule has 0 saturated heterocycles. The Morgan fingerprint density at radius 3 is 2.45 bits per heavy atom. The summed E-state index contributed by atoms with van der Waals surface area (Å²) in [6.07, 6.45) is 0.499. The fourth-order valence-electron chi connectivity index (χ4n) is 1.75. The number of rotatable bonds is 5. The van der Waals surface area contributed by atoms with Crippen LogP contribution >= 0.6 is 10.7 Å². The highest BCUT2D eigenvalue weighted by atomic mass is 35.7. The summed E-state index contributed by atoms with van der Waals surface area (Å²) in [4.78, 5) is -0.0218. The summed E-state index contributed by atoms with van der Waals surface area (Å²) < 4.78 is 28.8. The smallest absolute Gasteiger partial charge is 0.265 e. The van der Waals surface area contributed by atoms with Crippen molar-refractivity contribution in [2.24, 2.45) is 5.41 Å². The van der Waals surface area contributed by atoms with Crippen LogP contribution in [0.1, 0.15) is 31.4 Å². The van der Waals surface area contributed by atoms with Gasteiger partial charge in [-0.15, -0.1) is 0 Å². The van der Waals surface area contributed by atoms with E-state index < -0.39 is 14.5 Å². The third-order valence-corrected chi connectivity index (χ3v) is 4.25. The van der Waals surface area contributed by atoms with E-state index in [0.717, 1.165) is 5.56 Å². The van der Waals surface area contributed by atoms with Gasteiger partial charge in [0.25, 0.3) is 9.05 Å². The minimum absolute atomic E-state index is 0.0218. The molecule has 0 heterocycles. The molecule has 0 aromatic heterocycles. The molecule has 110 valence electrons. The average Bonchev–Trinajstić information content (AvgIpc) is 2.30. The zero-order valence-electron chi connectivity index (χ0n) is 12.0. The number of nitriles is 1. The largest absolute Gasteiger partial charge is 0.492 e. The Morgan fingerprint density at radius 1 is 1.35 bits per heavy atom. The van der Waals surface area contributed by atoms with Crippen LogP contribution in [0, 0.1) is 30.6 Å². The van der Waals surface area contributed by atoms with Gasteiger partial charge in [-0.05, 0) is 51.3 Å². The van der Waals surface area contributed by atoms with Crippen LogP contribution in [0.15, 0.2) is 17.0 Å². The lowest BCUT2D eigenvalue weighted by Gasteiger charge is -2.18. The molecule has 1 rings (SSSR count). The first-order valence-electron chi connectivity index (χ1n) is 6.17. The number of hydrogen-bond acceptors (Lipinski definition) is 4. The minimum Gasteiger partial charge on any atom is -0.492 e. The number of halogens is 1. The van der Waals surface area contributed by atoms with Gasteiger partial charge in [0.1, 0.15) is 10.6 Å². The SMILES string of the molecule is Cc1cc(C)c(OCCC(C)(C)C#N)c(S(=O)(=O)Cl)c1. The number of aryl methyl sites for hydroxylation is 2. The minimum atomic E-state index is -3.87. The van der Waals surface area contributed by atoms with Crippen molar-refractivity contribution in [3.8, 4) is 11.8 Å². The van der Waals surface area contributed by atoms with Crippen LogP contribution in [0.2, 0.25) is 0 Å². The van der Waals surface area contributed by atoms with Crippen LogP contribution in [0.25, 0.3) is 0 Å². The normalized spacial score (nSPS) is 12.0. The first-order chi connectivity index (χ1) is 9.07. The summed E-state index contributed by atoms with van der Waals surface area (Å²) in [5.41, 5.74) is 0.990. The lowest BCUT2D eigenvalue weighted by Crippen LogP contribution is -2.14. The Balaban J connectivity index is 3.05. The fourth-order valence-corrected chi connectivity index (χ4v) is 2.86. The zero-order chi connectivity index (χ0) is 15.6. The molecule has 0 amide bonds. The number of nitrogens with zero attached hydrogens (tertiary/aromatic N) is 1. The molecule has 0 bridgehead atoms. The Bertz CT molecular complexity index is 645. The average molecular weight is 316 g/mol. The van der Waals surface area contributed by atoms with Crippen molar-refractivity contribution < 1.29 is 13.2 Å². The lowest BCUT2D eigenvalue weighted by molar-refractivity contribution is 0.257. The summed E-state index contributed by atoms with van der Waals surface area (Å²) >= 11 is 0. The second-order valence-corrected chi connectivity index (χ2v) is 7.98. The fraction of sp³-hybridized carbons (Fsp3) is 0.500. The third-order valence-electron chi connectivity index (χ3n) is 2.92. The first-order valence-corrected chi connectivity index (χ1v) is 8.48. The molecule has 20 heavy (non-hydrogen) atoms. The van der Waals surface area contributed by atoms with Crippen molar-refractivity contribution in [1.29, 1.82) is 5.26 Å². The Kier molecular flexibility index (Phi) is 5.06. The van der Waals surface area contributed by atoms with E-state index in [2.05, 4.69) is 6.07 Å². The number of ether oxygens (including phenoxy) is 1. The lowest BCUT2D eigenvalue weighted by atomic mass is 9.92. The maximum Gasteiger partial charge on any atom is 0.265 e. The van der Waals surface area contributed by atoms with Gasteiger partial charge in [0.2, 0.25) is 0 Å². The number of benzene rings is 1. The monoisotopic (exact) mass is 315 g/mol. The topological polar surface area (TPSA) is 67.2 Å². The van der Waals surface area contributed by atoms with E-state index in [9.17, 15) is 8.42 Å². The van der Waals surface area contributed by atoms with E-state index in [0.29, 0.717) is 12.0 Å². The Hall–Kier alpha value is -1.25. The summed E-state index contributed by atoms with van der Waals surface area (Å²) in [7, 11) is 1.58. The Labute approximate surface area is 124 Å². The van der Waals surface area contributed by atoms with Crippen molar-refractivity contribution in [3.63, 3.8) is 0 Å². The van der Waals surface area contributed by atoms with Crippen molar-refractivity contribution in [2.75, 3.05) is 6.61 Å². The summed E-state index contributed by atoms with van der Waals surface area (Å²) in [5.74, 6) is 0.263. The number of hydrogen-bond donors (Lipinski definition) is 0. The van der Waals surface area contributed by atoms with Crippen LogP contribution in [-0.2, 0) is 9.05 Å². The predicted molar refractivity (Wildman–Crippen MR) is 78.5 cm³/mol. The van der Waals surface area contributed by atoms with Gasteiger partial charge in [0.05, 0.1) is 18.1 Å². The highest BCUT2D eigenvalue weighted by Gasteiger charge is 2.21. The van der Waals surface area contributed by atoms with Crippen LogP contribution < -0.4 is 4.74 Å². The quantitative estimate of drug-likeness (QED) is 0.779. The van der Waals surface area contributed by atoms with Gasteiger partial charge in [-0.3, -0.25) is 0 Å². The first kappa shape index (κ1) is 16.8. The van der Waals surface area contributed by atoms with E-state index in [1.165, 1.54) is 6.07 Å². The van der Waals surface area contributed by atoms with Crippen LogP contribution in [0.5, 0.6) is 5.75 Å². The molecule has 0 aliphatic heterocycles. The van der Waals surface area contributed by atoms with Crippen molar-refractivity contribution in [1.82, 2.24) is 0 Å². The highest BCUT2D eigenvalue weighted by molar-refractivity contribution is 8.13. The molecule has 0 fully saturated rings. The van der Waals surface area contributed by atoms with E-state index >= 15 is 0 Å². The molecular formula is C14H18ClNO3S. The van der Waals surface area contributed by atoms with E-state index in [1.54, 1.807) is 27.7 Å². The van der Waals surface area contributed by atoms with Gasteiger partial charge >= 0.3 is 0 Å². The standard InChI is InChI=1S/C14H18ClNO3S/c1-10-7-11(2)13(12(8-10)20(15,17)18)19-6-5-14(3,4)9-16/h7-8H,5-6H2,1-4H3. The van der Waals surface area contributed by atoms with Crippen molar-refractivity contribution >= 4 is 19.7 Å². The molecule has 1 aromatic carbocycles. The van der Waals surface area contributed by atoms with Gasteiger partial charge in [-0.25, -0.2) is 8.42 Å². The molecule has 0 radical (unpaired) electrons. The molecule has 0 aliphatic rings. The van der Waals surface area contributed by atoms with Gasteiger partial charge in [-0.2, -0.15) is 5.26 Å². The second kappa shape index (κ2) is 6.02. The predicted octanol–water partition coefficient (Wildman–Crippen LogP) is 3.55. The van der Waals surface area contributed by atoms with E-state index in [4.69, 9.17) is 20.7 Å². The molecule has 0 atom stereocenters. The third kappa shape index (κ3) is 4.39. The van der Waals surface area contributed by atoms with E-state index in [1.807, 2.05) is 6.07 Å². The van der Waals surface area contributed by atoms with Crippen LogP contribution in [0.4, 0.5) is 0 Å². The molecule has 6 heteroatoms. The molecule has 0 saturated carbocycles. The maximum atomic E-state index is 11.6. The molecule has 0 N–H and O–H groups in total. The van der Waals surface area contributed by atoms with Gasteiger partial charge < -0.3 is 4.74 Å². The molecule has 1 aromatic rings. The van der Waals surface area contributed by atoms with Crippen LogP contribution in [0.3, 0.4) is 0 Å². The molecule has 0 aliphatic carbocycles. The Morgan fingerprint density at radius 2 is 1.95 bits per heavy atom. The summed E-state index contributed by atoms with van der Waals surface area (Å²) in [6, 6.07) is 5.49. The van der Waals surface area contributed by atoms with Gasteiger partial charge in [0, 0.05) is 10.7 Å². The van der Waals surface area contributed by atoms with Crippen LogP contribution in [-0.4, -0.2) is 15.0 Å². The molecule has 0 spiro atoms. The van der Waals surface area contributed by atoms with Crippen molar-refractivity contribution in [2.45, 2.75) is 39.0 Å². The molecular weight excluding hydrogens is 298 g/mol. The van der Waals surface area contributed by atoms with E-state index in [-0.39, 0.29) is 17.3 Å². The summed E-state index contributed by atoms with van der Waals surface area (Å²) in [6.45, 7) is 7.42. The zero-order valence-corrected chi connectivity index (χ0v) is 13.6.